The van der Waals surface area contributed by atoms with Crippen LogP contribution in [0, 0.1) is 0 Å². The van der Waals surface area contributed by atoms with Gasteiger partial charge in [0.25, 0.3) is 0 Å². The summed E-state index contributed by atoms with van der Waals surface area (Å²) in [6.07, 6.45) is 4.12. The molecular formula is C30H31N. The van der Waals surface area contributed by atoms with Gasteiger partial charge in [0.2, 0.25) is 0 Å². The third-order valence-electron chi connectivity index (χ3n) is 5.88. The summed E-state index contributed by atoms with van der Waals surface area (Å²) in [5, 5.41) is 3.52. The summed E-state index contributed by atoms with van der Waals surface area (Å²) in [7, 11) is 0. The Kier molecular flexibility index (Phi) is 6.84. The van der Waals surface area contributed by atoms with Gasteiger partial charge in [0.05, 0.1) is 0 Å². The van der Waals surface area contributed by atoms with Crippen LogP contribution < -0.4 is 5.32 Å². The van der Waals surface area contributed by atoms with Crippen molar-refractivity contribution in [3.05, 3.63) is 130 Å². The SMILES string of the molecule is CCc1ccc(Cc2ccc(Nc3ccc(Cc4ccc(CC)cc4)cc3)cc2)cc1. The Balaban J connectivity index is 1.34. The lowest BCUT2D eigenvalue weighted by Crippen LogP contribution is -1.94. The molecule has 4 rings (SSSR count). The van der Waals surface area contributed by atoms with E-state index in [2.05, 4.69) is 116 Å². The van der Waals surface area contributed by atoms with Gasteiger partial charge in [0.15, 0.2) is 0 Å². The van der Waals surface area contributed by atoms with Crippen molar-refractivity contribution < 1.29 is 0 Å². The maximum atomic E-state index is 3.52. The van der Waals surface area contributed by atoms with Crippen molar-refractivity contribution in [1.82, 2.24) is 0 Å². The van der Waals surface area contributed by atoms with Crippen molar-refractivity contribution in [3.63, 3.8) is 0 Å². The molecule has 0 aromatic heterocycles. The summed E-state index contributed by atoms with van der Waals surface area (Å²) in [6.45, 7) is 4.39. The number of anilines is 2. The quantitative estimate of drug-likeness (QED) is 0.316. The molecular weight excluding hydrogens is 374 g/mol. The lowest BCUT2D eigenvalue weighted by atomic mass is 10.0. The van der Waals surface area contributed by atoms with E-state index in [1.54, 1.807) is 0 Å². The zero-order valence-electron chi connectivity index (χ0n) is 18.6. The van der Waals surface area contributed by atoms with Gasteiger partial charge < -0.3 is 5.32 Å². The third kappa shape index (κ3) is 5.86. The number of nitrogens with one attached hydrogen (secondary N) is 1. The van der Waals surface area contributed by atoms with Crippen LogP contribution in [0.3, 0.4) is 0 Å². The molecule has 0 saturated carbocycles. The molecule has 0 radical (unpaired) electrons. The van der Waals surface area contributed by atoms with E-state index in [0.717, 1.165) is 37.1 Å². The third-order valence-corrected chi connectivity index (χ3v) is 5.88. The van der Waals surface area contributed by atoms with Gasteiger partial charge in [-0.1, -0.05) is 86.6 Å². The van der Waals surface area contributed by atoms with E-state index in [1.165, 1.54) is 33.4 Å². The van der Waals surface area contributed by atoms with Gasteiger partial charge in [-0.15, -0.1) is 0 Å². The van der Waals surface area contributed by atoms with Gasteiger partial charge >= 0.3 is 0 Å². The fourth-order valence-electron chi connectivity index (χ4n) is 3.84. The lowest BCUT2D eigenvalue weighted by Gasteiger charge is -2.09. The van der Waals surface area contributed by atoms with Gasteiger partial charge in [-0.3, -0.25) is 0 Å². The molecule has 156 valence electrons. The maximum Gasteiger partial charge on any atom is 0.0384 e. The van der Waals surface area contributed by atoms with E-state index in [1.807, 2.05) is 0 Å². The van der Waals surface area contributed by atoms with Gasteiger partial charge in [-0.25, -0.2) is 0 Å². The Hall–Kier alpha value is -3.32. The smallest absolute Gasteiger partial charge is 0.0384 e. The van der Waals surface area contributed by atoms with E-state index < -0.39 is 0 Å². The second-order valence-electron chi connectivity index (χ2n) is 8.21. The highest BCUT2D eigenvalue weighted by atomic mass is 14.9. The predicted molar refractivity (Wildman–Crippen MR) is 133 cm³/mol. The molecule has 1 nitrogen and oxygen atoms in total. The molecule has 0 heterocycles. The standard InChI is InChI=1S/C30H31N/c1-3-23-5-9-25(10-6-23)21-27-13-17-29(18-14-27)31-30-19-15-28(16-20-30)22-26-11-7-24(4-2)8-12-26/h5-20,31H,3-4,21-22H2,1-2H3. The second kappa shape index (κ2) is 10.1. The highest BCUT2D eigenvalue weighted by Gasteiger charge is 2.01. The van der Waals surface area contributed by atoms with E-state index in [-0.39, 0.29) is 0 Å². The fourth-order valence-corrected chi connectivity index (χ4v) is 3.84. The van der Waals surface area contributed by atoms with Crippen molar-refractivity contribution in [2.75, 3.05) is 5.32 Å². The minimum atomic E-state index is 0.970. The van der Waals surface area contributed by atoms with Crippen molar-refractivity contribution >= 4 is 11.4 Å². The Labute approximate surface area is 186 Å². The number of hydrogen-bond donors (Lipinski definition) is 1. The first-order chi connectivity index (χ1) is 15.2. The summed E-state index contributed by atoms with van der Waals surface area (Å²) < 4.78 is 0. The van der Waals surface area contributed by atoms with Gasteiger partial charge in [-0.2, -0.15) is 0 Å². The summed E-state index contributed by atoms with van der Waals surface area (Å²) in [5.74, 6) is 0. The summed E-state index contributed by atoms with van der Waals surface area (Å²) in [6, 6.07) is 35.4. The van der Waals surface area contributed by atoms with Gasteiger partial charge in [0, 0.05) is 11.4 Å². The summed E-state index contributed by atoms with van der Waals surface area (Å²) in [4.78, 5) is 0. The molecule has 0 aliphatic rings. The number of hydrogen-bond acceptors (Lipinski definition) is 1. The van der Waals surface area contributed by atoms with Gasteiger partial charge in [0.1, 0.15) is 0 Å². The van der Waals surface area contributed by atoms with Crippen LogP contribution in [0.2, 0.25) is 0 Å². The van der Waals surface area contributed by atoms with Crippen LogP contribution in [-0.2, 0) is 25.7 Å². The Bertz CT molecular complexity index is 982. The first-order valence-electron chi connectivity index (χ1n) is 11.3. The van der Waals surface area contributed by atoms with Crippen LogP contribution in [0.4, 0.5) is 11.4 Å². The van der Waals surface area contributed by atoms with Crippen LogP contribution in [-0.4, -0.2) is 0 Å². The minimum absolute atomic E-state index is 0.970. The monoisotopic (exact) mass is 405 g/mol. The molecule has 0 bridgehead atoms. The van der Waals surface area contributed by atoms with Crippen molar-refractivity contribution in [3.8, 4) is 0 Å². The zero-order valence-corrected chi connectivity index (χ0v) is 18.6. The second-order valence-corrected chi connectivity index (χ2v) is 8.21. The molecule has 0 spiro atoms. The minimum Gasteiger partial charge on any atom is -0.356 e. The van der Waals surface area contributed by atoms with Crippen molar-refractivity contribution in [1.29, 1.82) is 0 Å². The molecule has 1 heteroatoms. The van der Waals surface area contributed by atoms with Gasteiger partial charge in [-0.05, 0) is 83.3 Å². The molecule has 0 amide bonds. The van der Waals surface area contributed by atoms with Crippen LogP contribution >= 0.6 is 0 Å². The molecule has 4 aromatic rings. The molecule has 1 N–H and O–H groups in total. The number of rotatable bonds is 8. The first-order valence-corrected chi connectivity index (χ1v) is 11.3. The number of benzene rings is 4. The average Bonchev–Trinajstić information content (AvgIpc) is 2.82. The normalized spacial score (nSPS) is 10.8. The number of aryl methyl sites for hydroxylation is 2. The molecule has 0 atom stereocenters. The predicted octanol–water partition coefficient (Wildman–Crippen LogP) is 7.74. The summed E-state index contributed by atoms with van der Waals surface area (Å²) >= 11 is 0. The maximum absolute atomic E-state index is 3.52. The molecule has 0 saturated heterocycles. The lowest BCUT2D eigenvalue weighted by molar-refractivity contribution is 1.12. The topological polar surface area (TPSA) is 12.0 Å². The first kappa shape index (κ1) is 20.9. The van der Waals surface area contributed by atoms with E-state index >= 15 is 0 Å². The van der Waals surface area contributed by atoms with Crippen LogP contribution in [0.15, 0.2) is 97.1 Å². The van der Waals surface area contributed by atoms with Crippen LogP contribution in [0.1, 0.15) is 47.2 Å². The molecule has 0 aliphatic heterocycles. The molecule has 4 aromatic carbocycles. The molecule has 31 heavy (non-hydrogen) atoms. The van der Waals surface area contributed by atoms with Crippen molar-refractivity contribution in [2.45, 2.75) is 39.5 Å². The Morgan fingerprint density at radius 1 is 0.387 bits per heavy atom. The molecule has 0 fully saturated rings. The van der Waals surface area contributed by atoms with E-state index in [4.69, 9.17) is 0 Å². The van der Waals surface area contributed by atoms with E-state index in [9.17, 15) is 0 Å². The van der Waals surface area contributed by atoms with Crippen molar-refractivity contribution in [2.24, 2.45) is 0 Å². The van der Waals surface area contributed by atoms with Crippen LogP contribution in [0.25, 0.3) is 0 Å². The fraction of sp³-hybridized carbons (Fsp3) is 0.200. The zero-order chi connectivity index (χ0) is 21.5. The Morgan fingerprint density at radius 2 is 0.645 bits per heavy atom. The average molecular weight is 406 g/mol. The summed E-state index contributed by atoms with van der Waals surface area (Å²) in [5.41, 5.74) is 10.4. The molecule has 0 aliphatic carbocycles. The van der Waals surface area contributed by atoms with Crippen LogP contribution in [0.5, 0.6) is 0 Å². The Morgan fingerprint density at radius 3 is 0.935 bits per heavy atom. The van der Waals surface area contributed by atoms with E-state index in [0.29, 0.717) is 0 Å². The highest BCUT2D eigenvalue weighted by Crippen LogP contribution is 2.20. The molecule has 0 unspecified atom stereocenters. The largest absolute Gasteiger partial charge is 0.356 e. The highest BCUT2D eigenvalue weighted by molar-refractivity contribution is 5.60.